The van der Waals surface area contributed by atoms with E-state index in [1.54, 1.807) is 21.1 Å². The molecular formula is C43H69NO11. The van der Waals surface area contributed by atoms with Gasteiger partial charge in [0.1, 0.15) is 24.0 Å². The smallest absolute Gasteiger partial charge is 0.329 e. The van der Waals surface area contributed by atoms with Crippen molar-refractivity contribution in [2.75, 3.05) is 20.8 Å². The molecule has 12 nitrogen and oxygen atoms in total. The van der Waals surface area contributed by atoms with Gasteiger partial charge in [-0.25, -0.2) is 4.79 Å². The molecule has 0 radical (unpaired) electrons. The third kappa shape index (κ3) is 11.1. The maximum atomic E-state index is 14.2. The summed E-state index contributed by atoms with van der Waals surface area (Å²) in [6.45, 7) is 11.8. The maximum Gasteiger partial charge on any atom is 0.329 e. The molecule has 1 saturated carbocycles. The average Bonchev–Trinajstić information content (AvgIpc) is 3.15. The molecule has 312 valence electrons. The number of allylic oxidation sites excluding steroid dienone is 3. The lowest BCUT2D eigenvalue weighted by atomic mass is 9.82. The Morgan fingerprint density at radius 1 is 0.964 bits per heavy atom. The molecule has 2 bridgehead atoms. The molecular weight excluding hydrogens is 706 g/mol. The predicted molar refractivity (Wildman–Crippen MR) is 207 cm³/mol. The summed E-state index contributed by atoms with van der Waals surface area (Å²) in [7, 11) is 3.10. The Morgan fingerprint density at radius 2 is 1.65 bits per heavy atom. The lowest BCUT2D eigenvalue weighted by molar-refractivity contribution is -0.302. The molecule has 0 aromatic carbocycles. The van der Waals surface area contributed by atoms with E-state index in [1.165, 1.54) is 4.90 Å². The van der Waals surface area contributed by atoms with Crippen LogP contribution in [0.4, 0.5) is 0 Å². The molecule has 0 spiro atoms. The molecule has 13 atom stereocenters. The van der Waals surface area contributed by atoms with Crippen LogP contribution in [0.1, 0.15) is 125 Å². The van der Waals surface area contributed by atoms with Crippen molar-refractivity contribution in [2.45, 2.75) is 173 Å². The van der Waals surface area contributed by atoms with Crippen molar-refractivity contribution < 1.29 is 53.4 Å². The highest BCUT2D eigenvalue weighted by Gasteiger charge is 2.56. The molecule has 4 rings (SSSR count). The van der Waals surface area contributed by atoms with Crippen LogP contribution in [0.15, 0.2) is 23.3 Å². The fourth-order valence-corrected chi connectivity index (χ4v) is 9.37. The summed E-state index contributed by atoms with van der Waals surface area (Å²) in [5, 5.41) is 32.5. The fraction of sp³-hybridized carbons (Fsp3) is 0.814. The number of nitrogens with zero attached hydrogens (tertiary/aromatic N) is 1. The SMILES string of the molecule is CCCC1C=C(C)CC(C)CC(OC)C2OC(O)(C(=O)C(=O)N3CCCCC3C(=O)OC(C(C)=CC3CCC(O)C(O)C3)C(C)CCC1=O)C(C)CC2OC. The number of ether oxygens (including phenoxy) is 4. The first-order valence-corrected chi connectivity index (χ1v) is 20.8. The molecule has 3 fully saturated rings. The van der Waals surface area contributed by atoms with Gasteiger partial charge in [-0.2, -0.15) is 0 Å². The van der Waals surface area contributed by atoms with Crippen molar-refractivity contribution in [1.29, 1.82) is 0 Å². The zero-order chi connectivity index (χ0) is 40.6. The summed E-state index contributed by atoms with van der Waals surface area (Å²) in [5.41, 5.74) is 1.85. The Balaban J connectivity index is 1.74. The van der Waals surface area contributed by atoms with E-state index >= 15 is 0 Å². The first kappa shape index (κ1) is 45.2. The highest BCUT2D eigenvalue weighted by atomic mass is 16.7. The standard InChI is InChI=1S/C43H69NO11/c1-9-12-31-20-25(2)19-26(3)21-36(52-7)39-37(53-8)23-29(6)43(51,55-39)40(48)41(49)44-18-11-10-13-32(44)42(50)54-38(27(4)14-16-33(31)45)28(5)22-30-15-17-34(46)35(47)24-30/h20,22,26-27,29-32,34-39,46-47,51H,9-19,21,23-24H2,1-8H3. The Kier molecular flexibility index (Phi) is 16.7. The molecule has 1 aliphatic carbocycles. The number of ketones is 2. The molecule has 2 saturated heterocycles. The van der Waals surface area contributed by atoms with Crippen molar-refractivity contribution in [3.63, 3.8) is 0 Å². The molecule has 13 unspecified atom stereocenters. The van der Waals surface area contributed by atoms with Gasteiger partial charge in [-0.1, -0.05) is 51.8 Å². The third-order valence-corrected chi connectivity index (χ3v) is 12.6. The number of Topliss-reactive ketones (excluding diaryl/α,β-unsaturated/α-hetero) is 2. The van der Waals surface area contributed by atoms with Gasteiger partial charge < -0.3 is 39.2 Å². The summed E-state index contributed by atoms with van der Waals surface area (Å²) in [5.74, 6) is -6.41. The predicted octanol–water partition coefficient (Wildman–Crippen LogP) is 5.24. The second-order valence-electron chi connectivity index (χ2n) is 17.2. The van der Waals surface area contributed by atoms with E-state index in [2.05, 4.69) is 19.9 Å². The number of carbonyl (C=O) groups excluding carboxylic acids is 4. The van der Waals surface area contributed by atoms with Gasteiger partial charge in [0.25, 0.3) is 11.7 Å². The number of aliphatic hydroxyl groups is 3. The monoisotopic (exact) mass is 775 g/mol. The molecule has 12 heteroatoms. The number of methoxy groups -OCH3 is 2. The number of carbonyl (C=O) groups is 4. The van der Waals surface area contributed by atoms with E-state index < -0.39 is 72.0 Å². The Labute approximate surface area is 328 Å². The second-order valence-corrected chi connectivity index (χ2v) is 17.2. The van der Waals surface area contributed by atoms with Crippen LogP contribution in [0.25, 0.3) is 0 Å². The number of esters is 1. The minimum absolute atomic E-state index is 0.0386. The number of amides is 1. The first-order chi connectivity index (χ1) is 26.0. The van der Waals surface area contributed by atoms with Crippen LogP contribution in [-0.4, -0.2) is 113 Å². The summed E-state index contributed by atoms with van der Waals surface area (Å²) in [6, 6.07) is -1.06. The van der Waals surface area contributed by atoms with E-state index in [0.717, 1.165) is 17.6 Å². The van der Waals surface area contributed by atoms with Gasteiger partial charge in [0, 0.05) is 39.0 Å². The normalized spacial score (nSPS) is 39.8. The topological polar surface area (TPSA) is 169 Å². The van der Waals surface area contributed by atoms with Gasteiger partial charge in [0.05, 0.1) is 24.4 Å². The molecule has 3 aliphatic heterocycles. The molecule has 4 aliphatic rings. The zero-order valence-corrected chi connectivity index (χ0v) is 34.5. The summed E-state index contributed by atoms with van der Waals surface area (Å²) < 4.78 is 24.3. The van der Waals surface area contributed by atoms with Crippen molar-refractivity contribution in [1.82, 2.24) is 4.90 Å². The minimum Gasteiger partial charge on any atom is -0.456 e. The summed E-state index contributed by atoms with van der Waals surface area (Å²) in [4.78, 5) is 57.7. The van der Waals surface area contributed by atoms with E-state index in [4.69, 9.17) is 18.9 Å². The van der Waals surface area contributed by atoms with Crippen molar-refractivity contribution >= 4 is 23.4 Å². The first-order valence-electron chi connectivity index (χ1n) is 20.8. The summed E-state index contributed by atoms with van der Waals surface area (Å²) >= 11 is 0. The summed E-state index contributed by atoms with van der Waals surface area (Å²) in [6.07, 6.45) is 6.50. The van der Waals surface area contributed by atoms with Crippen LogP contribution >= 0.6 is 0 Å². The van der Waals surface area contributed by atoms with Crippen LogP contribution < -0.4 is 0 Å². The Morgan fingerprint density at radius 3 is 2.31 bits per heavy atom. The van der Waals surface area contributed by atoms with Crippen molar-refractivity contribution in [2.24, 2.45) is 29.6 Å². The fourth-order valence-electron chi connectivity index (χ4n) is 9.37. The second kappa shape index (κ2) is 20.3. The van der Waals surface area contributed by atoms with Gasteiger partial charge in [-0.3, -0.25) is 14.4 Å². The number of hydrogen-bond donors (Lipinski definition) is 3. The molecule has 1 amide bonds. The zero-order valence-electron chi connectivity index (χ0n) is 34.5. The number of piperidine rings is 1. The maximum absolute atomic E-state index is 14.2. The van der Waals surface area contributed by atoms with Crippen molar-refractivity contribution in [3.8, 4) is 0 Å². The van der Waals surface area contributed by atoms with Crippen LogP contribution in [0.3, 0.4) is 0 Å². The van der Waals surface area contributed by atoms with Crippen LogP contribution in [0, 0.1) is 29.6 Å². The van der Waals surface area contributed by atoms with E-state index in [0.29, 0.717) is 64.2 Å². The molecule has 55 heavy (non-hydrogen) atoms. The largest absolute Gasteiger partial charge is 0.456 e. The van der Waals surface area contributed by atoms with Crippen LogP contribution in [0.5, 0.6) is 0 Å². The number of hydrogen-bond acceptors (Lipinski definition) is 11. The third-order valence-electron chi connectivity index (χ3n) is 12.6. The van der Waals surface area contributed by atoms with E-state index in [9.17, 15) is 34.5 Å². The van der Waals surface area contributed by atoms with Gasteiger partial charge in [-0.05, 0) is 108 Å². The molecule has 3 heterocycles. The van der Waals surface area contributed by atoms with Gasteiger partial charge in [-0.15, -0.1) is 0 Å². The Hall–Kier alpha value is -2.48. The quantitative estimate of drug-likeness (QED) is 0.183. The number of rotatable bonds is 6. The minimum atomic E-state index is -2.47. The highest BCUT2D eigenvalue weighted by Crippen LogP contribution is 2.39. The number of fused-ring (bicyclic) bond motifs is 3. The Bertz CT molecular complexity index is 1400. The molecule has 3 N–H and O–H groups in total. The van der Waals surface area contributed by atoms with Crippen LogP contribution in [-0.2, 0) is 38.1 Å². The lowest BCUT2D eigenvalue weighted by Gasteiger charge is -2.47. The van der Waals surface area contributed by atoms with Crippen molar-refractivity contribution in [3.05, 3.63) is 23.3 Å². The van der Waals surface area contributed by atoms with E-state index in [-0.39, 0.29) is 48.8 Å². The van der Waals surface area contributed by atoms with Gasteiger partial charge >= 0.3 is 5.97 Å². The highest BCUT2D eigenvalue weighted by molar-refractivity contribution is 6.39. The van der Waals surface area contributed by atoms with Gasteiger partial charge in [0.2, 0.25) is 5.79 Å². The average molecular weight is 776 g/mol. The van der Waals surface area contributed by atoms with Gasteiger partial charge in [0.15, 0.2) is 0 Å². The van der Waals surface area contributed by atoms with E-state index in [1.807, 2.05) is 26.8 Å². The molecule has 0 aromatic heterocycles. The van der Waals surface area contributed by atoms with Crippen LogP contribution in [0.2, 0.25) is 0 Å². The number of cyclic esters (lactones) is 1. The molecule has 0 aromatic rings. The number of aliphatic hydroxyl groups excluding tert-OH is 2. The lowest BCUT2D eigenvalue weighted by Crippen LogP contribution is -2.64.